The zero-order chi connectivity index (χ0) is 19.7. The molecule has 1 aliphatic heterocycles. The number of nitrogens with one attached hydrogen (secondary N) is 2. The number of fused-ring (bicyclic) bond motifs is 1. The fourth-order valence-corrected chi connectivity index (χ4v) is 5.64. The van der Waals surface area contributed by atoms with Crippen molar-refractivity contribution in [3.05, 3.63) is 47.8 Å². The number of sulfonamides is 1. The molecule has 1 atom stereocenters. The van der Waals surface area contributed by atoms with Gasteiger partial charge >= 0.3 is 0 Å². The SMILES string of the molecule is Cc1cc(CC(C)NS(=O)(=O)c2ccc(-c3ccc4c(c3)OCCO4)s2)n[nH]1. The van der Waals surface area contributed by atoms with Gasteiger partial charge in [0, 0.05) is 23.0 Å². The average Bonchev–Trinajstić information content (AvgIpc) is 3.30. The Labute approximate surface area is 167 Å². The van der Waals surface area contributed by atoms with E-state index in [4.69, 9.17) is 9.47 Å². The van der Waals surface area contributed by atoms with E-state index >= 15 is 0 Å². The summed E-state index contributed by atoms with van der Waals surface area (Å²) in [6.45, 7) is 4.79. The summed E-state index contributed by atoms with van der Waals surface area (Å²) < 4.78 is 39.6. The third-order valence-electron chi connectivity index (χ3n) is 4.30. The minimum absolute atomic E-state index is 0.271. The average molecular weight is 420 g/mol. The predicted molar refractivity (Wildman–Crippen MR) is 108 cm³/mol. The molecule has 1 aromatic carbocycles. The fraction of sp³-hybridized carbons (Fsp3) is 0.316. The third kappa shape index (κ3) is 4.06. The minimum atomic E-state index is -3.60. The van der Waals surface area contributed by atoms with Crippen LogP contribution in [0.25, 0.3) is 10.4 Å². The third-order valence-corrected chi connectivity index (χ3v) is 7.52. The van der Waals surface area contributed by atoms with Gasteiger partial charge in [-0.15, -0.1) is 11.3 Å². The number of nitrogens with zero attached hydrogens (tertiary/aromatic N) is 1. The summed E-state index contributed by atoms with van der Waals surface area (Å²) in [5.74, 6) is 1.39. The number of H-pyrrole nitrogens is 1. The molecular weight excluding hydrogens is 398 g/mol. The Bertz CT molecular complexity index is 1090. The van der Waals surface area contributed by atoms with Crippen molar-refractivity contribution in [1.82, 2.24) is 14.9 Å². The summed E-state index contributed by atoms with van der Waals surface area (Å²) in [7, 11) is -3.60. The number of thiophene rings is 1. The van der Waals surface area contributed by atoms with Gasteiger partial charge in [0.25, 0.3) is 0 Å². The number of aromatic amines is 1. The Balaban J connectivity index is 1.49. The van der Waals surface area contributed by atoms with Crippen LogP contribution >= 0.6 is 11.3 Å². The molecule has 7 nitrogen and oxygen atoms in total. The molecule has 2 aromatic heterocycles. The van der Waals surface area contributed by atoms with Gasteiger partial charge in [-0.05, 0) is 55.8 Å². The zero-order valence-corrected chi connectivity index (χ0v) is 17.2. The number of hydrogen-bond donors (Lipinski definition) is 2. The van der Waals surface area contributed by atoms with Crippen molar-refractivity contribution in [2.45, 2.75) is 30.5 Å². The number of aromatic nitrogens is 2. The van der Waals surface area contributed by atoms with Gasteiger partial charge < -0.3 is 9.47 Å². The summed E-state index contributed by atoms with van der Waals surface area (Å²) in [4.78, 5) is 0.855. The predicted octanol–water partition coefficient (Wildman–Crippen LogP) is 3.13. The molecular formula is C19H21N3O4S2. The number of ether oxygens (including phenoxy) is 2. The summed E-state index contributed by atoms with van der Waals surface area (Å²) in [5, 5.41) is 7.03. The van der Waals surface area contributed by atoms with Crippen molar-refractivity contribution in [1.29, 1.82) is 0 Å². The van der Waals surface area contributed by atoms with E-state index in [2.05, 4.69) is 14.9 Å². The molecule has 1 unspecified atom stereocenters. The first-order chi connectivity index (χ1) is 13.4. The first-order valence-electron chi connectivity index (χ1n) is 8.94. The molecule has 0 aliphatic carbocycles. The second kappa shape index (κ2) is 7.57. The number of benzene rings is 1. The first kappa shape index (κ1) is 19.0. The monoisotopic (exact) mass is 419 g/mol. The van der Waals surface area contributed by atoms with Crippen molar-refractivity contribution in [3.8, 4) is 21.9 Å². The molecule has 0 radical (unpaired) electrons. The molecule has 2 N–H and O–H groups in total. The Hall–Kier alpha value is -2.36. The lowest BCUT2D eigenvalue weighted by Gasteiger charge is -2.18. The summed E-state index contributed by atoms with van der Waals surface area (Å²) in [6, 6.07) is 10.7. The van der Waals surface area contributed by atoms with Gasteiger partial charge in [-0.2, -0.15) is 5.10 Å². The van der Waals surface area contributed by atoms with Crippen LogP contribution in [0.4, 0.5) is 0 Å². The number of aryl methyl sites for hydroxylation is 1. The Morgan fingerprint density at radius 1 is 1.18 bits per heavy atom. The van der Waals surface area contributed by atoms with E-state index in [1.165, 1.54) is 11.3 Å². The maximum atomic E-state index is 12.7. The van der Waals surface area contributed by atoms with Crippen molar-refractivity contribution in [2.24, 2.45) is 0 Å². The molecule has 3 aromatic rings. The smallest absolute Gasteiger partial charge is 0.250 e. The minimum Gasteiger partial charge on any atom is -0.486 e. The van der Waals surface area contributed by atoms with E-state index in [0.717, 1.165) is 21.8 Å². The molecule has 4 rings (SSSR count). The Morgan fingerprint density at radius 3 is 2.71 bits per heavy atom. The van der Waals surface area contributed by atoms with E-state index in [0.29, 0.717) is 31.1 Å². The molecule has 0 fully saturated rings. The molecule has 9 heteroatoms. The first-order valence-corrected chi connectivity index (χ1v) is 11.2. The van der Waals surface area contributed by atoms with Gasteiger partial charge in [0.15, 0.2) is 11.5 Å². The largest absolute Gasteiger partial charge is 0.486 e. The van der Waals surface area contributed by atoms with Crippen LogP contribution in [0.3, 0.4) is 0 Å². The topological polar surface area (TPSA) is 93.3 Å². The molecule has 0 saturated heterocycles. The van der Waals surface area contributed by atoms with Gasteiger partial charge in [-0.25, -0.2) is 13.1 Å². The van der Waals surface area contributed by atoms with Gasteiger partial charge in [-0.1, -0.05) is 0 Å². The van der Waals surface area contributed by atoms with Gasteiger partial charge in [-0.3, -0.25) is 5.10 Å². The molecule has 0 bridgehead atoms. The van der Waals surface area contributed by atoms with Crippen molar-refractivity contribution in [3.63, 3.8) is 0 Å². The van der Waals surface area contributed by atoms with Crippen LogP contribution in [0.2, 0.25) is 0 Å². The standard InChI is InChI=1S/C19H21N3O4S2/c1-12-9-15(21-20-12)10-13(2)22-28(23,24)19-6-5-18(27-19)14-3-4-16-17(11-14)26-8-7-25-16/h3-6,9,11,13,22H,7-8,10H2,1-2H3,(H,20,21). The fourth-order valence-electron chi connectivity index (χ4n) is 3.07. The maximum Gasteiger partial charge on any atom is 0.250 e. The molecule has 148 valence electrons. The number of hydrogen-bond acceptors (Lipinski definition) is 6. The second-order valence-corrected chi connectivity index (χ2v) is 9.77. The van der Waals surface area contributed by atoms with Gasteiger partial charge in [0.05, 0.1) is 5.69 Å². The van der Waals surface area contributed by atoms with Crippen LogP contribution < -0.4 is 14.2 Å². The Morgan fingerprint density at radius 2 is 1.96 bits per heavy atom. The van der Waals surface area contributed by atoms with Gasteiger partial charge in [0.1, 0.15) is 17.4 Å². The lowest BCUT2D eigenvalue weighted by Crippen LogP contribution is -2.33. The van der Waals surface area contributed by atoms with Crippen LogP contribution in [-0.4, -0.2) is 37.9 Å². The highest BCUT2D eigenvalue weighted by atomic mass is 32.2. The summed E-state index contributed by atoms with van der Waals surface area (Å²) in [6.07, 6.45) is 0.518. The lowest BCUT2D eigenvalue weighted by molar-refractivity contribution is 0.171. The highest BCUT2D eigenvalue weighted by molar-refractivity contribution is 7.91. The van der Waals surface area contributed by atoms with Crippen LogP contribution in [0.5, 0.6) is 11.5 Å². The normalized spacial score (nSPS) is 14.8. The second-order valence-electron chi connectivity index (χ2n) is 6.75. The van der Waals surface area contributed by atoms with Crippen molar-refractivity contribution >= 4 is 21.4 Å². The van der Waals surface area contributed by atoms with Crippen LogP contribution in [0, 0.1) is 6.92 Å². The summed E-state index contributed by atoms with van der Waals surface area (Å²) in [5.41, 5.74) is 2.68. The molecule has 28 heavy (non-hydrogen) atoms. The Kier molecular flexibility index (Phi) is 5.13. The van der Waals surface area contributed by atoms with Gasteiger partial charge in [0.2, 0.25) is 10.0 Å². The highest BCUT2D eigenvalue weighted by Crippen LogP contribution is 2.37. The van der Waals surface area contributed by atoms with Crippen molar-refractivity contribution < 1.29 is 17.9 Å². The molecule has 0 saturated carbocycles. The number of rotatable bonds is 6. The van der Waals surface area contributed by atoms with Crippen molar-refractivity contribution in [2.75, 3.05) is 13.2 Å². The van der Waals surface area contributed by atoms with Crippen LogP contribution in [-0.2, 0) is 16.4 Å². The van der Waals surface area contributed by atoms with Crippen LogP contribution in [0.15, 0.2) is 40.6 Å². The maximum absolute atomic E-state index is 12.7. The highest BCUT2D eigenvalue weighted by Gasteiger charge is 2.21. The molecule has 1 aliphatic rings. The zero-order valence-electron chi connectivity index (χ0n) is 15.6. The van der Waals surface area contributed by atoms with E-state index in [-0.39, 0.29) is 10.3 Å². The van der Waals surface area contributed by atoms with E-state index in [1.807, 2.05) is 44.2 Å². The summed E-state index contributed by atoms with van der Waals surface area (Å²) >= 11 is 1.23. The molecule has 0 amide bonds. The quantitative estimate of drug-likeness (QED) is 0.640. The van der Waals surface area contributed by atoms with E-state index < -0.39 is 10.0 Å². The van der Waals surface area contributed by atoms with E-state index in [1.54, 1.807) is 6.07 Å². The lowest BCUT2D eigenvalue weighted by atomic mass is 10.1. The molecule has 0 spiro atoms. The van der Waals surface area contributed by atoms with E-state index in [9.17, 15) is 8.42 Å². The van der Waals surface area contributed by atoms with Crippen LogP contribution in [0.1, 0.15) is 18.3 Å². The molecule has 3 heterocycles.